The van der Waals surface area contributed by atoms with Crippen molar-refractivity contribution in [3.05, 3.63) is 41.9 Å². The highest BCUT2D eigenvalue weighted by Crippen LogP contribution is 2.35. The fraction of sp³-hybridized carbons (Fsp3) is 0.409. The number of anilines is 3. The van der Waals surface area contributed by atoms with Crippen LogP contribution in [0.2, 0.25) is 0 Å². The van der Waals surface area contributed by atoms with E-state index in [9.17, 15) is 4.79 Å². The molecule has 5 rings (SSSR count). The predicted molar refractivity (Wildman–Crippen MR) is 119 cm³/mol. The van der Waals surface area contributed by atoms with Gasteiger partial charge in [-0.25, -0.2) is 4.98 Å². The summed E-state index contributed by atoms with van der Waals surface area (Å²) in [6.45, 7) is 6.18. The van der Waals surface area contributed by atoms with Crippen molar-refractivity contribution in [3.8, 4) is 11.4 Å². The normalized spacial score (nSPS) is 18.0. The molecule has 0 aliphatic carbocycles. The zero-order valence-corrected chi connectivity index (χ0v) is 18.0. The minimum Gasteiger partial charge on any atom is -0.354 e. The van der Waals surface area contributed by atoms with E-state index < -0.39 is 0 Å². The minimum absolute atomic E-state index is 0.0706. The van der Waals surface area contributed by atoms with Crippen molar-refractivity contribution >= 4 is 23.4 Å². The third-order valence-corrected chi connectivity index (χ3v) is 6.13. The number of hydrogen-bond donors (Lipinski definition) is 1. The second-order valence-corrected chi connectivity index (χ2v) is 8.05. The van der Waals surface area contributed by atoms with E-state index in [0.717, 1.165) is 54.6 Å². The SMILES string of the molecule is CCNc1ncc2c(n1)N1CCC[C@H]1CN(c1cccc(-c3nnc(C)n3C)c1)C2=O. The third-order valence-electron chi connectivity index (χ3n) is 6.13. The van der Waals surface area contributed by atoms with Crippen molar-refractivity contribution in [2.45, 2.75) is 32.7 Å². The first-order chi connectivity index (χ1) is 15.1. The van der Waals surface area contributed by atoms with Gasteiger partial charge in [0.1, 0.15) is 17.2 Å². The molecule has 0 saturated carbocycles. The quantitative estimate of drug-likeness (QED) is 0.696. The molecule has 9 nitrogen and oxygen atoms in total. The third kappa shape index (κ3) is 3.30. The highest BCUT2D eigenvalue weighted by atomic mass is 16.2. The number of aromatic nitrogens is 5. The van der Waals surface area contributed by atoms with E-state index in [1.165, 1.54) is 0 Å². The smallest absolute Gasteiger partial charge is 0.263 e. The number of hydrogen-bond acceptors (Lipinski definition) is 7. The van der Waals surface area contributed by atoms with E-state index in [2.05, 4.69) is 25.4 Å². The maximum atomic E-state index is 13.6. The van der Waals surface area contributed by atoms with Crippen LogP contribution in [-0.4, -0.2) is 56.3 Å². The van der Waals surface area contributed by atoms with Crippen molar-refractivity contribution in [2.75, 3.05) is 34.8 Å². The summed E-state index contributed by atoms with van der Waals surface area (Å²) in [7, 11) is 1.94. The molecule has 2 aliphatic rings. The average Bonchev–Trinajstić information content (AvgIpc) is 3.35. The number of rotatable bonds is 4. The second-order valence-electron chi connectivity index (χ2n) is 8.05. The molecule has 1 fully saturated rings. The molecule has 3 aromatic rings. The average molecular weight is 419 g/mol. The Kier molecular flexibility index (Phi) is 4.80. The van der Waals surface area contributed by atoms with Crippen LogP contribution in [0.25, 0.3) is 11.4 Å². The van der Waals surface area contributed by atoms with Crippen LogP contribution in [0.3, 0.4) is 0 Å². The van der Waals surface area contributed by atoms with Gasteiger partial charge in [-0.1, -0.05) is 12.1 Å². The first-order valence-electron chi connectivity index (χ1n) is 10.7. The number of carbonyl (C=O) groups is 1. The molecular formula is C22H26N8O. The number of amides is 1. The van der Waals surface area contributed by atoms with E-state index in [4.69, 9.17) is 4.98 Å². The Morgan fingerprint density at radius 3 is 2.90 bits per heavy atom. The molecule has 1 amide bonds. The molecule has 4 heterocycles. The van der Waals surface area contributed by atoms with Crippen molar-refractivity contribution in [2.24, 2.45) is 7.05 Å². The molecule has 31 heavy (non-hydrogen) atoms. The summed E-state index contributed by atoms with van der Waals surface area (Å²) < 4.78 is 1.95. The van der Waals surface area contributed by atoms with Gasteiger partial charge in [-0.15, -0.1) is 10.2 Å². The van der Waals surface area contributed by atoms with Gasteiger partial charge in [-0.3, -0.25) is 4.79 Å². The van der Waals surface area contributed by atoms with Crippen LogP contribution in [0, 0.1) is 6.92 Å². The monoisotopic (exact) mass is 418 g/mol. The molecule has 1 atom stereocenters. The van der Waals surface area contributed by atoms with Crippen molar-refractivity contribution in [1.29, 1.82) is 0 Å². The van der Waals surface area contributed by atoms with Crippen LogP contribution in [0.4, 0.5) is 17.5 Å². The number of fused-ring (bicyclic) bond motifs is 3. The Bertz CT molecular complexity index is 1140. The molecule has 0 bridgehead atoms. The summed E-state index contributed by atoms with van der Waals surface area (Å²) in [6, 6.07) is 8.18. The van der Waals surface area contributed by atoms with Crippen molar-refractivity contribution in [3.63, 3.8) is 0 Å². The Hall–Kier alpha value is -3.49. The van der Waals surface area contributed by atoms with E-state index in [1.807, 2.05) is 54.6 Å². The van der Waals surface area contributed by atoms with Gasteiger partial charge in [-0.2, -0.15) is 4.98 Å². The van der Waals surface area contributed by atoms with Gasteiger partial charge in [0, 0.05) is 50.2 Å². The van der Waals surface area contributed by atoms with E-state index >= 15 is 0 Å². The number of nitrogens with one attached hydrogen (secondary N) is 1. The van der Waals surface area contributed by atoms with Crippen LogP contribution in [0.15, 0.2) is 30.5 Å². The maximum Gasteiger partial charge on any atom is 0.263 e. The van der Waals surface area contributed by atoms with Crippen LogP contribution >= 0.6 is 0 Å². The van der Waals surface area contributed by atoms with Crippen molar-refractivity contribution in [1.82, 2.24) is 24.7 Å². The summed E-state index contributed by atoms with van der Waals surface area (Å²) in [5, 5.41) is 11.6. The van der Waals surface area contributed by atoms with Gasteiger partial charge < -0.3 is 19.7 Å². The van der Waals surface area contributed by atoms with Gasteiger partial charge in [0.25, 0.3) is 5.91 Å². The molecule has 9 heteroatoms. The summed E-state index contributed by atoms with van der Waals surface area (Å²) in [5.41, 5.74) is 2.32. The van der Waals surface area contributed by atoms with E-state index in [-0.39, 0.29) is 11.9 Å². The molecule has 160 valence electrons. The molecule has 1 aromatic carbocycles. The summed E-state index contributed by atoms with van der Waals surface area (Å²) >= 11 is 0. The summed E-state index contributed by atoms with van der Waals surface area (Å²) in [6.07, 6.45) is 3.78. The molecule has 0 unspecified atom stereocenters. The lowest BCUT2D eigenvalue weighted by Crippen LogP contribution is -2.39. The lowest BCUT2D eigenvalue weighted by Gasteiger charge is -2.27. The lowest BCUT2D eigenvalue weighted by molar-refractivity contribution is 0.0988. The molecular weight excluding hydrogens is 392 g/mol. The minimum atomic E-state index is -0.0706. The van der Waals surface area contributed by atoms with Crippen LogP contribution in [0.1, 0.15) is 35.9 Å². The molecule has 1 saturated heterocycles. The standard InChI is InChI=1S/C22H26N8O/c1-4-23-22-24-12-18-20(25-22)29-10-6-9-17(29)13-30(21(18)31)16-8-5-7-15(11-16)19-27-26-14(2)28(19)3/h5,7-8,11-12,17H,4,6,9-10,13H2,1-3H3,(H,23,24,25)/t17-/m0/s1. The van der Waals surface area contributed by atoms with Gasteiger partial charge >= 0.3 is 0 Å². The molecule has 2 aliphatic heterocycles. The Morgan fingerprint density at radius 2 is 2.13 bits per heavy atom. The van der Waals surface area contributed by atoms with Crippen LogP contribution in [-0.2, 0) is 7.05 Å². The fourth-order valence-corrected chi connectivity index (χ4v) is 4.42. The Morgan fingerprint density at radius 1 is 1.26 bits per heavy atom. The fourth-order valence-electron chi connectivity index (χ4n) is 4.42. The lowest BCUT2D eigenvalue weighted by atomic mass is 10.1. The largest absolute Gasteiger partial charge is 0.354 e. The van der Waals surface area contributed by atoms with E-state index in [1.54, 1.807) is 6.20 Å². The highest BCUT2D eigenvalue weighted by Gasteiger charge is 2.37. The van der Waals surface area contributed by atoms with Crippen LogP contribution in [0.5, 0.6) is 0 Å². The molecule has 2 aromatic heterocycles. The molecule has 0 radical (unpaired) electrons. The number of carbonyl (C=O) groups excluding carboxylic acids is 1. The van der Waals surface area contributed by atoms with E-state index in [0.29, 0.717) is 18.1 Å². The highest BCUT2D eigenvalue weighted by molar-refractivity contribution is 6.10. The van der Waals surface area contributed by atoms with Gasteiger partial charge in [-0.05, 0) is 38.8 Å². The summed E-state index contributed by atoms with van der Waals surface area (Å²) in [4.78, 5) is 26.8. The Balaban J connectivity index is 1.57. The zero-order valence-electron chi connectivity index (χ0n) is 18.0. The van der Waals surface area contributed by atoms with Gasteiger partial charge in [0.2, 0.25) is 5.95 Å². The zero-order chi connectivity index (χ0) is 21.5. The summed E-state index contributed by atoms with van der Waals surface area (Å²) in [5.74, 6) is 2.85. The number of nitrogens with zero attached hydrogens (tertiary/aromatic N) is 7. The van der Waals surface area contributed by atoms with Crippen molar-refractivity contribution < 1.29 is 4.79 Å². The molecule has 1 N–H and O–H groups in total. The predicted octanol–water partition coefficient (Wildman–Crippen LogP) is 2.64. The van der Waals surface area contributed by atoms with Crippen LogP contribution < -0.4 is 15.1 Å². The topological polar surface area (TPSA) is 92.1 Å². The van der Waals surface area contributed by atoms with Gasteiger partial charge in [0.15, 0.2) is 5.82 Å². The number of benzene rings is 1. The maximum absolute atomic E-state index is 13.6. The first-order valence-corrected chi connectivity index (χ1v) is 10.7. The number of aryl methyl sites for hydroxylation is 1. The second kappa shape index (κ2) is 7.64. The first kappa shape index (κ1) is 19.5. The molecule has 0 spiro atoms. The van der Waals surface area contributed by atoms with Gasteiger partial charge in [0.05, 0.1) is 0 Å². The Labute approximate surface area is 181 Å².